The van der Waals surface area contributed by atoms with Crippen molar-refractivity contribution in [2.45, 2.75) is 6.92 Å². The summed E-state index contributed by atoms with van der Waals surface area (Å²) < 4.78 is 36.7. The summed E-state index contributed by atoms with van der Waals surface area (Å²) >= 11 is 0. The molecular formula is C21H15F2NO5. The topological polar surface area (TPSA) is 85.6 Å². The van der Waals surface area contributed by atoms with Gasteiger partial charge >= 0.3 is 5.97 Å². The molecule has 0 saturated heterocycles. The molecule has 3 rings (SSSR count). The van der Waals surface area contributed by atoms with Crippen LogP contribution < -0.4 is 5.32 Å². The number of aryl methyl sites for hydroxylation is 1. The average Bonchev–Trinajstić information content (AvgIpc) is 3.24. The molecule has 2 aromatic carbocycles. The van der Waals surface area contributed by atoms with Gasteiger partial charge in [0.2, 0.25) is 5.78 Å². The highest BCUT2D eigenvalue weighted by Crippen LogP contribution is 2.19. The molecule has 3 aromatic rings. The zero-order valence-electron chi connectivity index (χ0n) is 15.2. The molecule has 0 unspecified atom stereocenters. The highest BCUT2D eigenvalue weighted by Gasteiger charge is 2.17. The maximum atomic E-state index is 13.6. The van der Waals surface area contributed by atoms with Gasteiger partial charge in [0, 0.05) is 5.69 Å². The lowest BCUT2D eigenvalue weighted by molar-refractivity contribution is 0.0473. The van der Waals surface area contributed by atoms with E-state index in [1.54, 1.807) is 19.1 Å². The number of hydrogen-bond acceptors (Lipinski definition) is 5. The molecule has 0 bridgehead atoms. The molecule has 0 aliphatic heterocycles. The van der Waals surface area contributed by atoms with Gasteiger partial charge in [0.05, 0.1) is 17.4 Å². The van der Waals surface area contributed by atoms with Crippen LogP contribution in [-0.2, 0) is 4.74 Å². The van der Waals surface area contributed by atoms with Crippen LogP contribution in [0.5, 0.6) is 0 Å². The quantitative estimate of drug-likeness (QED) is 0.497. The number of nitrogens with one attached hydrogen (secondary N) is 1. The maximum Gasteiger partial charge on any atom is 0.338 e. The number of furan rings is 1. The van der Waals surface area contributed by atoms with Gasteiger partial charge in [-0.05, 0) is 55.0 Å². The van der Waals surface area contributed by atoms with Crippen molar-refractivity contribution in [1.82, 2.24) is 0 Å². The first-order chi connectivity index (χ1) is 13.8. The van der Waals surface area contributed by atoms with Crippen LogP contribution in [0.1, 0.15) is 36.8 Å². The molecule has 0 fully saturated rings. The molecule has 1 amide bonds. The number of carbonyl (C=O) groups is 3. The van der Waals surface area contributed by atoms with E-state index in [0.29, 0.717) is 11.3 Å². The number of ketones is 1. The third-order valence-electron chi connectivity index (χ3n) is 4.03. The molecule has 0 radical (unpaired) electrons. The first-order valence-corrected chi connectivity index (χ1v) is 8.46. The zero-order valence-corrected chi connectivity index (χ0v) is 15.2. The fraction of sp³-hybridized carbons (Fsp3) is 0.0952. The highest BCUT2D eigenvalue weighted by molar-refractivity contribution is 6.04. The Labute approximate surface area is 164 Å². The second-order valence-electron chi connectivity index (χ2n) is 6.08. The maximum absolute atomic E-state index is 13.6. The Hall–Kier alpha value is -3.81. The Balaban J connectivity index is 1.68. The molecule has 8 heteroatoms. The van der Waals surface area contributed by atoms with E-state index >= 15 is 0 Å². The summed E-state index contributed by atoms with van der Waals surface area (Å²) in [5.74, 6) is -3.83. The first kappa shape index (κ1) is 19.9. The zero-order chi connectivity index (χ0) is 21.0. The standard InChI is InChI=1S/C21H15F2NO5/c1-12-4-5-13(9-17(12)24-20(26)19-3-2-8-28-19)21(27)29-11-18(25)15-10-14(22)6-7-16(15)23/h2-10H,11H2,1H3,(H,24,26). The summed E-state index contributed by atoms with van der Waals surface area (Å²) in [5, 5.41) is 2.61. The molecule has 0 spiro atoms. The van der Waals surface area contributed by atoms with Gasteiger partial charge in [-0.1, -0.05) is 6.07 Å². The van der Waals surface area contributed by atoms with Gasteiger partial charge < -0.3 is 14.5 Å². The third-order valence-corrected chi connectivity index (χ3v) is 4.03. The van der Waals surface area contributed by atoms with Crippen LogP contribution in [0, 0.1) is 18.6 Å². The van der Waals surface area contributed by atoms with Gasteiger partial charge in [0.25, 0.3) is 5.91 Å². The van der Waals surface area contributed by atoms with Gasteiger partial charge in [-0.3, -0.25) is 9.59 Å². The normalized spacial score (nSPS) is 10.4. The van der Waals surface area contributed by atoms with Gasteiger partial charge in [0.15, 0.2) is 12.4 Å². The molecule has 0 atom stereocenters. The van der Waals surface area contributed by atoms with Crippen molar-refractivity contribution in [3.05, 3.63) is 88.9 Å². The SMILES string of the molecule is Cc1ccc(C(=O)OCC(=O)c2cc(F)ccc2F)cc1NC(=O)c1ccco1. The minimum atomic E-state index is -0.911. The van der Waals surface area contributed by atoms with Crippen molar-refractivity contribution in [3.8, 4) is 0 Å². The van der Waals surface area contributed by atoms with Gasteiger partial charge in [-0.15, -0.1) is 0 Å². The van der Waals surface area contributed by atoms with Gasteiger partial charge in [-0.25, -0.2) is 13.6 Å². The number of halogens is 2. The van der Waals surface area contributed by atoms with Crippen LogP contribution in [-0.4, -0.2) is 24.3 Å². The molecule has 1 heterocycles. The predicted molar refractivity (Wildman–Crippen MR) is 98.8 cm³/mol. The van der Waals surface area contributed by atoms with Crippen LogP contribution in [0.25, 0.3) is 0 Å². The van der Waals surface area contributed by atoms with Crippen molar-refractivity contribution >= 4 is 23.3 Å². The lowest BCUT2D eigenvalue weighted by Crippen LogP contribution is -2.16. The Morgan fingerprint density at radius 2 is 1.86 bits per heavy atom. The largest absolute Gasteiger partial charge is 0.459 e. The Kier molecular flexibility index (Phi) is 5.82. The second kappa shape index (κ2) is 8.47. The molecule has 1 N–H and O–H groups in total. The van der Waals surface area contributed by atoms with Crippen LogP contribution in [0.3, 0.4) is 0 Å². The fourth-order valence-electron chi connectivity index (χ4n) is 2.48. The number of benzene rings is 2. The van der Waals surface area contributed by atoms with Crippen molar-refractivity contribution in [2.75, 3.05) is 11.9 Å². The van der Waals surface area contributed by atoms with E-state index in [0.717, 1.165) is 18.2 Å². The number of rotatable bonds is 6. The Morgan fingerprint density at radius 1 is 1.07 bits per heavy atom. The molecule has 0 aliphatic carbocycles. The molecule has 29 heavy (non-hydrogen) atoms. The van der Waals surface area contributed by atoms with Crippen LogP contribution in [0.4, 0.5) is 14.5 Å². The van der Waals surface area contributed by atoms with E-state index in [-0.39, 0.29) is 11.3 Å². The minimum Gasteiger partial charge on any atom is -0.459 e. The Morgan fingerprint density at radius 3 is 2.59 bits per heavy atom. The number of Topliss-reactive ketones (excluding diaryl/α,β-unsaturated/α-hetero) is 1. The first-order valence-electron chi connectivity index (χ1n) is 8.46. The van der Waals surface area contributed by atoms with Crippen LogP contribution in [0.2, 0.25) is 0 Å². The number of anilines is 1. The molecule has 1 aromatic heterocycles. The highest BCUT2D eigenvalue weighted by atomic mass is 19.1. The molecular weight excluding hydrogens is 384 g/mol. The fourth-order valence-corrected chi connectivity index (χ4v) is 2.48. The lowest BCUT2D eigenvalue weighted by Gasteiger charge is -2.10. The summed E-state index contributed by atoms with van der Waals surface area (Å²) in [5.41, 5.74) is 0.591. The third kappa shape index (κ3) is 4.73. The number of hydrogen-bond donors (Lipinski definition) is 1. The lowest BCUT2D eigenvalue weighted by atomic mass is 10.1. The Bertz CT molecular complexity index is 1080. The van der Waals surface area contributed by atoms with Gasteiger partial charge in [0.1, 0.15) is 11.6 Å². The van der Waals surface area contributed by atoms with E-state index in [1.165, 1.54) is 24.5 Å². The molecule has 0 saturated carbocycles. The molecule has 148 valence electrons. The average molecular weight is 399 g/mol. The minimum absolute atomic E-state index is 0.0675. The van der Waals surface area contributed by atoms with Crippen LogP contribution in [0.15, 0.2) is 59.2 Å². The number of carbonyl (C=O) groups excluding carboxylic acids is 3. The van der Waals surface area contributed by atoms with Crippen LogP contribution >= 0.6 is 0 Å². The summed E-state index contributed by atoms with van der Waals surface area (Å²) in [6.45, 7) is 0.963. The van der Waals surface area contributed by atoms with E-state index in [9.17, 15) is 23.2 Å². The summed E-state index contributed by atoms with van der Waals surface area (Å²) in [7, 11) is 0. The summed E-state index contributed by atoms with van der Waals surface area (Å²) in [4.78, 5) is 36.3. The van der Waals surface area contributed by atoms with E-state index in [4.69, 9.17) is 9.15 Å². The molecule has 6 nitrogen and oxygen atoms in total. The van der Waals surface area contributed by atoms with Crippen molar-refractivity contribution in [3.63, 3.8) is 0 Å². The summed E-state index contributed by atoms with van der Waals surface area (Å²) in [6.07, 6.45) is 1.36. The van der Waals surface area contributed by atoms with Crippen molar-refractivity contribution in [1.29, 1.82) is 0 Å². The summed E-state index contributed by atoms with van der Waals surface area (Å²) in [6, 6.07) is 9.90. The van der Waals surface area contributed by atoms with Crippen molar-refractivity contribution < 1.29 is 32.3 Å². The van der Waals surface area contributed by atoms with Gasteiger partial charge in [-0.2, -0.15) is 0 Å². The second-order valence-corrected chi connectivity index (χ2v) is 6.08. The number of amides is 1. The molecule has 0 aliphatic rings. The number of esters is 1. The predicted octanol–water partition coefficient (Wildman–Crippen LogP) is 4.16. The number of ether oxygens (including phenoxy) is 1. The van der Waals surface area contributed by atoms with Crippen molar-refractivity contribution in [2.24, 2.45) is 0 Å². The smallest absolute Gasteiger partial charge is 0.338 e. The van der Waals surface area contributed by atoms with E-state index in [2.05, 4.69) is 5.32 Å². The van der Waals surface area contributed by atoms with E-state index in [1.807, 2.05) is 0 Å². The van der Waals surface area contributed by atoms with E-state index < -0.39 is 41.5 Å². The monoisotopic (exact) mass is 399 g/mol.